The summed E-state index contributed by atoms with van der Waals surface area (Å²) in [7, 11) is 1.62. The summed E-state index contributed by atoms with van der Waals surface area (Å²) in [4.78, 5) is 0. The molecule has 0 aliphatic rings. The summed E-state index contributed by atoms with van der Waals surface area (Å²) in [6, 6.07) is 15.5. The Labute approximate surface area is 123 Å². The lowest BCUT2D eigenvalue weighted by Gasteiger charge is -2.11. The summed E-state index contributed by atoms with van der Waals surface area (Å²) in [5, 5.41) is 8.45. The number of hydrogen-bond acceptors (Lipinski definition) is 4. The molecule has 0 fully saturated rings. The van der Waals surface area contributed by atoms with Gasteiger partial charge >= 0.3 is 0 Å². The topological polar surface area (TPSA) is 66.0 Å². The van der Waals surface area contributed by atoms with Crippen molar-refractivity contribution >= 4 is 5.69 Å². The van der Waals surface area contributed by atoms with Crippen molar-refractivity contribution in [3.05, 3.63) is 54.4 Å². The van der Waals surface area contributed by atoms with Crippen LogP contribution in [-0.4, -0.2) is 21.9 Å². The normalized spacial score (nSPS) is 10.6. The molecule has 0 spiro atoms. The van der Waals surface area contributed by atoms with Gasteiger partial charge in [-0.25, -0.2) is 0 Å². The van der Waals surface area contributed by atoms with Crippen LogP contribution >= 0.6 is 0 Å². The van der Waals surface area contributed by atoms with Gasteiger partial charge in [-0.1, -0.05) is 18.2 Å². The molecule has 5 nitrogen and oxygen atoms in total. The Morgan fingerprint density at radius 2 is 1.81 bits per heavy atom. The molecule has 2 N–H and O–H groups in total. The molecule has 21 heavy (non-hydrogen) atoms. The van der Waals surface area contributed by atoms with E-state index in [4.69, 9.17) is 10.5 Å². The number of methoxy groups -OCH3 is 1. The lowest BCUT2D eigenvalue weighted by molar-refractivity contribution is 0.415. The molecule has 0 unspecified atom stereocenters. The standard InChI is InChI=1S/C16H16N4O/c1-11-18-19-16(20(11)12-6-4-3-5-7-12)14-9-8-13(21-2)10-15(14)17/h3-10H,17H2,1-2H3. The van der Waals surface area contributed by atoms with Crippen LogP contribution in [0.4, 0.5) is 5.69 Å². The molecule has 106 valence electrons. The van der Waals surface area contributed by atoms with Crippen LogP contribution in [0.2, 0.25) is 0 Å². The molecule has 0 aliphatic heterocycles. The highest BCUT2D eigenvalue weighted by atomic mass is 16.5. The predicted molar refractivity (Wildman–Crippen MR) is 82.5 cm³/mol. The number of benzene rings is 2. The van der Waals surface area contributed by atoms with Crippen LogP contribution in [0.3, 0.4) is 0 Å². The van der Waals surface area contributed by atoms with Crippen LogP contribution in [0.1, 0.15) is 5.82 Å². The third kappa shape index (κ3) is 2.33. The smallest absolute Gasteiger partial charge is 0.170 e. The average Bonchev–Trinajstić information content (AvgIpc) is 2.89. The molecule has 0 amide bonds. The van der Waals surface area contributed by atoms with Crippen molar-refractivity contribution in [2.45, 2.75) is 6.92 Å². The van der Waals surface area contributed by atoms with E-state index in [1.54, 1.807) is 13.2 Å². The molecular weight excluding hydrogens is 264 g/mol. The van der Waals surface area contributed by atoms with Crippen LogP contribution < -0.4 is 10.5 Å². The first kappa shape index (κ1) is 13.2. The first-order valence-corrected chi connectivity index (χ1v) is 6.62. The highest BCUT2D eigenvalue weighted by molar-refractivity contribution is 5.74. The second kappa shape index (κ2) is 5.28. The summed E-state index contributed by atoms with van der Waals surface area (Å²) in [6.45, 7) is 1.92. The minimum Gasteiger partial charge on any atom is -0.497 e. The second-order valence-corrected chi connectivity index (χ2v) is 4.69. The Balaban J connectivity index is 2.17. The highest BCUT2D eigenvalue weighted by Gasteiger charge is 2.15. The molecule has 0 bridgehead atoms. The van der Waals surface area contributed by atoms with Crippen molar-refractivity contribution < 1.29 is 4.74 Å². The van der Waals surface area contributed by atoms with Gasteiger partial charge in [-0.3, -0.25) is 4.57 Å². The Kier molecular flexibility index (Phi) is 3.31. The zero-order valence-corrected chi connectivity index (χ0v) is 11.9. The Morgan fingerprint density at radius 3 is 2.48 bits per heavy atom. The van der Waals surface area contributed by atoms with Crippen LogP contribution in [0, 0.1) is 6.92 Å². The monoisotopic (exact) mass is 280 g/mol. The first-order valence-electron chi connectivity index (χ1n) is 6.62. The predicted octanol–water partition coefficient (Wildman–Crippen LogP) is 2.83. The lowest BCUT2D eigenvalue weighted by atomic mass is 10.1. The second-order valence-electron chi connectivity index (χ2n) is 4.69. The lowest BCUT2D eigenvalue weighted by Crippen LogP contribution is -2.01. The summed E-state index contributed by atoms with van der Waals surface area (Å²) >= 11 is 0. The van der Waals surface area contributed by atoms with Gasteiger partial charge in [-0.05, 0) is 31.2 Å². The molecule has 2 aromatic carbocycles. The van der Waals surface area contributed by atoms with E-state index in [9.17, 15) is 0 Å². The van der Waals surface area contributed by atoms with Gasteiger partial charge in [-0.15, -0.1) is 10.2 Å². The molecule has 0 saturated heterocycles. The highest BCUT2D eigenvalue weighted by Crippen LogP contribution is 2.30. The molecule has 1 aromatic heterocycles. The van der Waals surface area contributed by atoms with E-state index < -0.39 is 0 Å². The molecule has 0 atom stereocenters. The number of para-hydroxylation sites is 1. The van der Waals surface area contributed by atoms with Crippen LogP contribution in [0.5, 0.6) is 5.75 Å². The van der Waals surface area contributed by atoms with Crippen molar-refractivity contribution in [2.24, 2.45) is 0 Å². The largest absolute Gasteiger partial charge is 0.497 e. The van der Waals surface area contributed by atoms with E-state index in [0.717, 1.165) is 28.6 Å². The van der Waals surface area contributed by atoms with E-state index in [1.165, 1.54) is 0 Å². The number of anilines is 1. The fraction of sp³-hybridized carbons (Fsp3) is 0.125. The van der Waals surface area contributed by atoms with Gasteiger partial charge in [-0.2, -0.15) is 0 Å². The molecule has 0 saturated carbocycles. The minimum absolute atomic E-state index is 0.610. The van der Waals surface area contributed by atoms with Gasteiger partial charge in [0.25, 0.3) is 0 Å². The summed E-state index contributed by atoms with van der Waals surface area (Å²) < 4.78 is 7.17. The zero-order valence-electron chi connectivity index (χ0n) is 11.9. The number of hydrogen-bond donors (Lipinski definition) is 1. The van der Waals surface area contributed by atoms with Crippen molar-refractivity contribution in [3.63, 3.8) is 0 Å². The summed E-state index contributed by atoms with van der Waals surface area (Å²) in [6.07, 6.45) is 0. The van der Waals surface area contributed by atoms with Crippen molar-refractivity contribution in [1.29, 1.82) is 0 Å². The van der Waals surface area contributed by atoms with Gasteiger partial charge < -0.3 is 10.5 Å². The molecule has 5 heteroatoms. The Hall–Kier alpha value is -2.82. The molecule has 3 rings (SSSR count). The first-order chi connectivity index (χ1) is 10.2. The van der Waals surface area contributed by atoms with Crippen molar-refractivity contribution in [2.75, 3.05) is 12.8 Å². The Morgan fingerprint density at radius 1 is 1.05 bits per heavy atom. The van der Waals surface area contributed by atoms with E-state index in [2.05, 4.69) is 10.2 Å². The van der Waals surface area contributed by atoms with Crippen molar-refractivity contribution in [3.8, 4) is 22.8 Å². The quantitative estimate of drug-likeness (QED) is 0.749. The number of nitrogen functional groups attached to an aromatic ring is 1. The minimum atomic E-state index is 0.610. The van der Waals surface area contributed by atoms with Gasteiger partial charge in [0, 0.05) is 23.0 Å². The molecule has 1 heterocycles. The maximum absolute atomic E-state index is 6.12. The van der Waals surface area contributed by atoms with E-state index in [0.29, 0.717) is 5.69 Å². The van der Waals surface area contributed by atoms with Gasteiger partial charge in [0.15, 0.2) is 5.82 Å². The third-order valence-electron chi connectivity index (χ3n) is 3.34. The number of nitrogens with zero attached hydrogens (tertiary/aromatic N) is 3. The van der Waals surface area contributed by atoms with Gasteiger partial charge in [0.2, 0.25) is 0 Å². The Bertz CT molecular complexity index is 765. The van der Waals surface area contributed by atoms with Gasteiger partial charge in [0.05, 0.1) is 7.11 Å². The summed E-state index contributed by atoms with van der Waals surface area (Å²) in [5.41, 5.74) is 8.57. The maximum atomic E-state index is 6.12. The maximum Gasteiger partial charge on any atom is 0.170 e. The average molecular weight is 280 g/mol. The molecular formula is C16H16N4O. The van der Waals surface area contributed by atoms with Crippen LogP contribution in [-0.2, 0) is 0 Å². The van der Waals surface area contributed by atoms with E-state index in [-0.39, 0.29) is 0 Å². The van der Waals surface area contributed by atoms with Crippen LogP contribution in [0.15, 0.2) is 48.5 Å². The van der Waals surface area contributed by atoms with Gasteiger partial charge in [0.1, 0.15) is 11.6 Å². The molecule has 0 aliphatic carbocycles. The van der Waals surface area contributed by atoms with Crippen LogP contribution in [0.25, 0.3) is 17.1 Å². The fourth-order valence-electron chi connectivity index (χ4n) is 2.29. The molecule has 0 radical (unpaired) electrons. The van der Waals surface area contributed by atoms with E-state index >= 15 is 0 Å². The number of nitrogens with two attached hydrogens (primary N) is 1. The van der Waals surface area contributed by atoms with Crippen molar-refractivity contribution in [1.82, 2.24) is 14.8 Å². The zero-order chi connectivity index (χ0) is 14.8. The van der Waals surface area contributed by atoms with E-state index in [1.807, 2.05) is 54.0 Å². The third-order valence-corrected chi connectivity index (χ3v) is 3.34. The number of rotatable bonds is 3. The fourth-order valence-corrected chi connectivity index (χ4v) is 2.29. The SMILES string of the molecule is COc1ccc(-c2nnc(C)n2-c2ccccc2)c(N)c1. The number of aromatic nitrogens is 3. The number of aryl methyl sites for hydroxylation is 1. The molecule has 3 aromatic rings. The number of ether oxygens (including phenoxy) is 1. The summed E-state index contributed by atoms with van der Waals surface area (Å²) in [5.74, 6) is 2.25.